The highest BCUT2D eigenvalue weighted by Gasteiger charge is 2.82. The molecule has 1 N–H and O–H groups in total. The number of rotatable bonds is 6. The van der Waals surface area contributed by atoms with E-state index >= 15 is 0 Å². The largest absolute Gasteiger partial charge is 0.482 e. The van der Waals surface area contributed by atoms with E-state index in [1.807, 2.05) is 20.1 Å². The third-order valence-corrected chi connectivity index (χ3v) is 12.9. The van der Waals surface area contributed by atoms with Crippen LogP contribution in [-0.2, 0) is 16.6 Å². The number of ether oxygens (including phenoxy) is 3. The number of likely N-dealkylation sites (tertiary alicyclic amines) is 1. The summed E-state index contributed by atoms with van der Waals surface area (Å²) in [7, 11) is 1.82. The number of carbonyl (C=O) groups is 1. The number of pyridine rings is 1. The van der Waals surface area contributed by atoms with Crippen LogP contribution in [0.3, 0.4) is 0 Å². The Bertz CT molecular complexity index is 1450. The van der Waals surface area contributed by atoms with Crippen molar-refractivity contribution in [3.8, 4) is 11.5 Å². The molecule has 7 heteroatoms. The molecule has 1 aromatic carbocycles. The van der Waals surface area contributed by atoms with Crippen molar-refractivity contribution in [1.82, 2.24) is 9.88 Å². The van der Waals surface area contributed by atoms with Gasteiger partial charge in [0.05, 0.1) is 11.2 Å². The van der Waals surface area contributed by atoms with Gasteiger partial charge in [-0.3, -0.25) is 9.88 Å². The molecule has 4 bridgehead atoms. The predicted octanol–water partition coefficient (Wildman–Crippen LogP) is 5.32. The third-order valence-electron chi connectivity index (χ3n) is 12.9. The lowest BCUT2D eigenvalue weighted by molar-refractivity contribution is -0.312. The molecular weight excluding hydrogens is 528 g/mol. The van der Waals surface area contributed by atoms with Crippen LogP contribution in [0.4, 0.5) is 0 Å². The first-order valence-electron chi connectivity index (χ1n) is 16.0. The first-order chi connectivity index (χ1) is 20.0. The van der Waals surface area contributed by atoms with Crippen LogP contribution in [-0.4, -0.2) is 64.5 Å². The zero-order chi connectivity index (χ0) is 29.3. The molecule has 2 spiro atoms. The van der Waals surface area contributed by atoms with Gasteiger partial charge in [0.15, 0.2) is 11.5 Å². The van der Waals surface area contributed by atoms with E-state index in [0.717, 1.165) is 44.6 Å². The molecule has 7 atom stereocenters. The quantitative estimate of drug-likeness (QED) is 0.371. The van der Waals surface area contributed by atoms with E-state index in [2.05, 4.69) is 36.7 Å². The maximum atomic E-state index is 13.2. The van der Waals surface area contributed by atoms with Crippen molar-refractivity contribution in [2.75, 3.05) is 20.2 Å². The number of carbonyl (C=O) groups excluding carboxylic acids is 1. The van der Waals surface area contributed by atoms with Crippen molar-refractivity contribution in [3.05, 3.63) is 53.3 Å². The second kappa shape index (κ2) is 8.58. The van der Waals surface area contributed by atoms with Crippen molar-refractivity contribution in [1.29, 1.82) is 0 Å². The van der Waals surface area contributed by atoms with Crippen LogP contribution < -0.4 is 9.47 Å². The topological polar surface area (TPSA) is 81.1 Å². The second-order valence-corrected chi connectivity index (χ2v) is 15.4. The first kappa shape index (κ1) is 27.1. The van der Waals surface area contributed by atoms with Crippen LogP contribution in [0.2, 0.25) is 0 Å². The molecule has 5 fully saturated rings. The van der Waals surface area contributed by atoms with Gasteiger partial charge in [0.25, 0.3) is 0 Å². The number of hydrogen-bond acceptors (Lipinski definition) is 7. The van der Waals surface area contributed by atoms with Gasteiger partial charge in [0.1, 0.15) is 11.7 Å². The van der Waals surface area contributed by atoms with Crippen LogP contribution in [0.1, 0.15) is 87.7 Å². The smallest absolute Gasteiger partial charge is 0.345 e. The molecule has 2 aromatic rings. The van der Waals surface area contributed by atoms with Gasteiger partial charge in [-0.05, 0) is 93.5 Å². The predicted molar refractivity (Wildman–Crippen MR) is 158 cm³/mol. The van der Waals surface area contributed by atoms with E-state index in [-0.39, 0.29) is 28.3 Å². The number of aliphatic hydroxyl groups is 1. The molecule has 1 aromatic heterocycles. The van der Waals surface area contributed by atoms with E-state index in [1.165, 1.54) is 36.7 Å². The summed E-state index contributed by atoms with van der Waals surface area (Å²) in [6.45, 7) is 10.7. The van der Waals surface area contributed by atoms with Crippen molar-refractivity contribution in [2.24, 2.45) is 22.7 Å². The number of esters is 1. The molecule has 0 radical (unpaired) electrons. The Morgan fingerprint density at radius 2 is 1.98 bits per heavy atom. The molecule has 2 aliphatic heterocycles. The van der Waals surface area contributed by atoms with Crippen LogP contribution in [0, 0.1) is 22.7 Å². The molecule has 224 valence electrons. The summed E-state index contributed by atoms with van der Waals surface area (Å²) in [4.78, 5) is 20.1. The molecule has 1 saturated heterocycles. The SMILES string of the molecule is CO[C@]12CC[C@@]3(C[C@@H]1[C@](C)(O)C(C)(C)C)[C@H]1Cc4ccc(OC(=O)c5cccnc5)c5c4[C@@]3(CCN1CC1CC1)[C@H]2O5. The maximum absolute atomic E-state index is 13.2. The number of methoxy groups -OCH3 is 1. The highest BCUT2D eigenvalue weighted by atomic mass is 16.6. The lowest BCUT2D eigenvalue weighted by Crippen LogP contribution is -2.83. The van der Waals surface area contributed by atoms with Crippen molar-refractivity contribution < 1.29 is 24.1 Å². The monoisotopic (exact) mass is 572 g/mol. The summed E-state index contributed by atoms with van der Waals surface area (Å²) < 4.78 is 19.9. The minimum Gasteiger partial charge on any atom is -0.482 e. The van der Waals surface area contributed by atoms with E-state index < -0.39 is 17.2 Å². The van der Waals surface area contributed by atoms with Gasteiger partial charge in [-0.2, -0.15) is 0 Å². The number of benzene rings is 1. The van der Waals surface area contributed by atoms with E-state index in [4.69, 9.17) is 14.2 Å². The van der Waals surface area contributed by atoms with Crippen molar-refractivity contribution in [3.63, 3.8) is 0 Å². The maximum Gasteiger partial charge on any atom is 0.345 e. The lowest BCUT2D eigenvalue weighted by Gasteiger charge is -2.75. The standard InChI is InChI=1S/C35H44N2O5/c1-31(2,3)32(4,39)25-18-33-12-13-35(25,40-5)30-34(33)14-16-37(20-21-8-9-21)26(33)17-22-10-11-24(28(42-30)27(22)34)41-29(38)23-7-6-15-36-19-23/h6-7,10-11,15,19,21,25-26,30,39H,8-9,12-14,16-18,20H2,1-5H3/t25-,26-,30-,32+,33-,34+,35-/m1/s1. The normalized spacial score (nSPS) is 37.5. The Balaban J connectivity index is 1.31. The van der Waals surface area contributed by atoms with Crippen molar-refractivity contribution in [2.45, 2.75) is 101 Å². The summed E-state index contributed by atoms with van der Waals surface area (Å²) in [6.07, 6.45) is 10.4. The van der Waals surface area contributed by atoms with Gasteiger partial charge in [0.2, 0.25) is 0 Å². The Morgan fingerprint density at radius 1 is 1.17 bits per heavy atom. The molecule has 7 aliphatic rings. The van der Waals surface area contributed by atoms with Crippen LogP contribution in [0.5, 0.6) is 11.5 Å². The summed E-state index contributed by atoms with van der Waals surface area (Å²) >= 11 is 0. The summed E-state index contributed by atoms with van der Waals surface area (Å²) in [5.41, 5.74) is 0.732. The van der Waals surface area contributed by atoms with E-state index in [0.29, 0.717) is 23.1 Å². The molecule has 0 amide bonds. The zero-order valence-electron chi connectivity index (χ0n) is 25.6. The summed E-state index contributed by atoms with van der Waals surface area (Å²) in [5, 5.41) is 12.4. The molecule has 3 heterocycles. The highest BCUT2D eigenvalue weighted by molar-refractivity contribution is 5.91. The number of hydrogen-bond donors (Lipinski definition) is 1. The van der Waals surface area contributed by atoms with Gasteiger partial charge in [-0.1, -0.05) is 26.8 Å². The molecule has 4 saturated carbocycles. The van der Waals surface area contributed by atoms with E-state index in [9.17, 15) is 9.90 Å². The fourth-order valence-electron chi connectivity index (χ4n) is 10.3. The fraction of sp³-hybridized carbons (Fsp3) is 0.657. The molecule has 0 unspecified atom stereocenters. The Kier molecular flexibility index (Phi) is 5.53. The lowest BCUT2D eigenvalue weighted by atomic mass is 9.33. The van der Waals surface area contributed by atoms with Gasteiger partial charge in [-0.25, -0.2) is 4.79 Å². The number of fused-ring (bicyclic) bond motifs is 2. The van der Waals surface area contributed by atoms with Crippen molar-refractivity contribution >= 4 is 5.97 Å². The minimum atomic E-state index is -0.971. The van der Waals surface area contributed by atoms with Gasteiger partial charge in [0, 0.05) is 54.4 Å². The molecule has 7 nitrogen and oxygen atoms in total. The average Bonchev–Trinajstić information content (AvgIpc) is 3.71. The summed E-state index contributed by atoms with van der Waals surface area (Å²) in [6, 6.07) is 7.98. The minimum absolute atomic E-state index is 0.0464. The first-order valence-corrected chi connectivity index (χ1v) is 16.0. The number of aromatic nitrogens is 1. The Morgan fingerprint density at radius 3 is 2.67 bits per heavy atom. The van der Waals surface area contributed by atoms with Crippen LogP contribution in [0.15, 0.2) is 36.7 Å². The average molecular weight is 573 g/mol. The number of piperidine rings is 1. The highest BCUT2D eigenvalue weighted by Crippen LogP contribution is 2.78. The van der Waals surface area contributed by atoms with Gasteiger partial charge < -0.3 is 19.3 Å². The molecular formula is C35H44N2O5. The molecule has 9 rings (SSSR count). The Labute approximate surface area is 248 Å². The molecule has 42 heavy (non-hydrogen) atoms. The fourth-order valence-corrected chi connectivity index (χ4v) is 10.3. The number of nitrogens with zero attached hydrogens (tertiary/aromatic N) is 2. The van der Waals surface area contributed by atoms with Crippen LogP contribution in [0.25, 0.3) is 0 Å². The molecule has 5 aliphatic carbocycles. The Hall–Kier alpha value is -2.48. The third kappa shape index (κ3) is 3.23. The second-order valence-electron chi connectivity index (χ2n) is 15.4. The van der Waals surface area contributed by atoms with Gasteiger partial charge >= 0.3 is 5.97 Å². The summed E-state index contributed by atoms with van der Waals surface area (Å²) in [5.74, 6) is 1.48. The van der Waals surface area contributed by atoms with Gasteiger partial charge in [-0.15, -0.1) is 0 Å². The zero-order valence-corrected chi connectivity index (χ0v) is 25.6. The van der Waals surface area contributed by atoms with E-state index in [1.54, 1.807) is 18.3 Å². The van der Waals surface area contributed by atoms with Crippen LogP contribution >= 0.6 is 0 Å².